The third-order valence-corrected chi connectivity index (χ3v) is 2.90. The minimum atomic E-state index is -0.519. The smallest absolute Gasteiger partial charge is 0.0945 e. The van der Waals surface area contributed by atoms with Crippen LogP contribution in [0.1, 0.15) is 5.56 Å². The molecule has 1 atom stereocenters. The highest BCUT2D eigenvalue weighted by molar-refractivity contribution is 9.10. The molecule has 1 aromatic rings. The fourth-order valence-corrected chi connectivity index (χ4v) is 1.81. The molecule has 0 saturated carbocycles. The largest absolute Gasteiger partial charge is 0.398 e. The van der Waals surface area contributed by atoms with Crippen molar-refractivity contribution in [2.24, 2.45) is 0 Å². The number of nitrogens with one attached hydrogen (secondary N) is 1. The highest BCUT2D eigenvalue weighted by Gasteiger charge is 2.06. The van der Waals surface area contributed by atoms with E-state index in [1.54, 1.807) is 7.11 Å². The molecule has 0 aliphatic heterocycles. The fraction of sp³-hybridized carbons (Fsp3) is 0.455. The van der Waals surface area contributed by atoms with E-state index in [2.05, 4.69) is 21.2 Å². The average Bonchev–Trinajstić information content (AvgIpc) is 2.22. The number of hydrogen-bond acceptors (Lipinski definition) is 4. The Labute approximate surface area is 104 Å². The number of anilines is 2. The number of hydrogen-bond donors (Lipinski definition) is 3. The number of methoxy groups -OCH3 is 1. The van der Waals surface area contributed by atoms with E-state index in [1.165, 1.54) is 0 Å². The molecule has 0 aliphatic rings. The van der Waals surface area contributed by atoms with Crippen LogP contribution < -0.4 is 11.1 Å². The van der Waals surface area contributed by atoms with Crippen LogP contribution in [0, 0.1) is 6.92 Å². The highest BCUT2D eigenvalue weighted by atomic mass is 79.9. The van der Waals surface area contributed by atoms with Crippen LogP contribution in [0.15, 0.2) is 16.6 Å². The first-order valence-corrected chi connectivity index (χ1v) is 5.80. The summed E-state index contributed by atoms with van der Waals surface area (Å²) in [5.41, 5.74) is 8.44. The van der Waals surface area contributed by atoms with Crippen molar-refractivity contribution in [3.8, 4) is 0 Å². The SMILES string of the molecule is COCC(O)CNc1cc(C)c(N)cc1Br. The predicted molar refractivity (Wildman–Crippen MR) is 69.7 cm³/mol. The van der Waals surface area contributed by atoms with Gasteiger partial charge in [0.2, 0.25) is 0 Å². The van der Waals surface area contributed by atoms with Crippen LogP contribution >= 0.6 is 15.9 Å². The molecule has 0 aliphatic carbocycles. The van der Waals surface area contributed by atoms with Gasteiger partial charge in [-0.3, -0.25) is 0 Å². The third kappa shape index (κ3) is 3.66. The number of benzene rings is 1. The molecule has 1 aromatic carbocycles. The van der Waals surface area contributed by atoms with Crippen molar-refractivity contribution in [2.45, 2.75) is 13.0 Å². The monoisotopic (exact) mass is 288 g/mol. The molecule has 1 unspecified atom stereocenters. The van der Waals surface area contributed by atoms with Crippen molar-refractivity contribution < 1.29 is 9.84 Å². The minimum Gasteiger partial charge on any atom is -0.398 e. The van der Waals surface area contributed by atoms with Gasteiger partial charge in [-0.05, 0) is 40.5 Å². The van der Waals surface area contributed by atoms with Crippen molar-refractivity contribution in [3.05, 3.63) is 22.2 Å². The van der Waals surface area contributed by atoms with Gasteiger partial charge >= 0.3 is 0 Å². The van der Waals surface area contributed by atoms with E-state index < -0.39 is 6.10 Å². The minimum absolute atomic E-state index is 0.318. The molecule has 90 valence electrons. The normalized spacial score (nSPS) is 12.5. The maximum atomic E-state index is 9.50. The number of aryl methyl sites for hydroxylation is 1. The number of nitrogens with two attached hydrogens (primary N) is 1. The van der Waals surface area contributed by atoms with Crippen LogP contribution in [0.3, 0.4) is 0 Å². The first-order chi connectivity index (χ1) is 7.54. The number of nitrogen functional groups attached to an aromatic ring is 1. The van der Waals surface area contributed by atoms with Crippen LogP contribution in [0.4, 0.5) is 11.4 Å². The Hall–Kier alpha value is -0.780. The van der Waals surface area contributed by atoms with Crippen LogP contribution in [0.5, 0.6) is 0 Å². The molecule has 0 radical (unpaired) electrons. The molecular formula is C11H17BrN2O2. The lowest BCUT2D eigenvalue weighted by Crippen LogP contribution is -2.24. The third-order valence-electron chi connectivity index (χ3n) is 2.24. The maximum absolute atomic E-state index is 9.50. The van der Waals surface area contributed by atoms with E-state index in [4.69, 9.17) is 10.5 Å². The summed E-state index contributed by atoms with van der Waals surface area (Å²) in [5, 5.41) is 12.6. The second-order valence-electron chi connectivity index (χ2n) is 3.68. The Kier molecular flexibility index (Phi) is 5.05. The standard InChI is InChI=1S/C11H17BrN2O2/c1-7-3-11(9(12)4-10(7)13)14-5-8(15)6-16-2/h3-4,8,14-15H,5-6,13H2,1-2H3. The molecule has 0 aromatic heterocycles. The van der Waals surface area contributed by atoms with E-state index in [-0.39, 0.29) is 0 Å². The molecule has 4 nitrogen and oxygen atoms in total. The number of aliphatic hydroxyl groups is 1. The van der Waals surface area contributed by atoms with Crippen molar-refractivity contribution in [2.75, 3.05) is 31.3 Å². The maximum Gasteiger partial charge on any atom is 0.0945 e. The Balaban J connectivity index is 2.63. The topological polar surface area (TPSA) is 67.5 Å². The van der Waals surface area contributed by atoms with Crippen LogP contribution in [-0.2, 0) is 4.74 Å². The predicted octanol–water partition coefficient (Wildman–Crippen LogP) is 1.76. The summed E-state index contributed by atoms with van der Waals surface area (Å²) in [4.78, 5) is 0. The highest BCUT2D eigenvalue weighted by Crippen LogP contribution is 2.27. The summed E-state index contributed by atoms with van der Waals surface area (Å²) in [7, 11) is 1.56. The van der Waals surface area contributed by atoms with Crippen LogP contribution in [0.2, 0.25) is 0 Å². The molecule has 0 amide bonds. The molecule has 0 heterocycles. The zero-order chi connectivity index (χ0) is 12.1. The van der Waals surface area contributed by atoms with Gasteiger partial charge in [-0.25, -0.2) is 0 Å². The second-order valence-corrected chi connectivity index (χ2v) is 4.53. The number of aliphatic hydroxyl groups excluding tert-OH is 1. The Morgan fingerprint density at radius 1 is 1.56 bits per heavy atom. The molecule has 0 bridgehead atoms. The van der Waals surface area contributed by atoms with Crippen LogP contribution in [-0.4, -0.2) is 31.5 Å². The van der Waals surface area contributed by atoms with E-state index in [1.807, 2.05) is 19.1 Å². The average molecular weight is 289 g/mol. The van der Waals surface area contributed by atoms with E-state index in [9.17, 15) is 5.11 Å². The quantitative estimate of drug-likeness (QED) is 0.723. The molecule has 4 N–H and O–H groups in total. The summed E-state index contributed by atoms with van der Waals surface area (Å²) in [5.74, 6) is 0. The summed E-state index contributed by atoms with van der Waals surface area (Å²) in [6.45, 7) is 2.70. The zero-order valence-corrected chi connectivity index (χ0v) is 11.0. The lowest BCUT2D eigenvalue weighted by Gasteiger charge is -2.14. The Morgan fingerprint density at radius 3 is 2.88 bits per heavy atom. The zero-order valence-electron chi connectivity index (χ0n) is 9.46. The van der Waals surface area contributed by atoms with Crippen molar-refractivity contribution >= 4 is 27.3 Å². The van der Waals surface area contributed by atoms with Gasteiger partial charge < -0.3 is 20.9 Å². The molecule has 0 spiro atoms. The van der Waals surface area contributed by atoms with Gasteiger partial charge in [0.25, 0.3) is 0 Å². The van der Waals surface area contributed by atoms with Gasteiger partial charge in [0.05, 0.1) is 12.7 Å². The van der Waals surface area contributed by atoms with Gasteiger partial charge in [0.1, 0.15) is 0 Å². The summed E-state index contributed by atoms with van der Waals surface area (Å²) in [6.07, 6.45) is -0.519. The molecule has 5 heteroatoms. The first kappa shape index (κ1) is 13.3. The lowest BCUT2D eigenvalue weighted by atomic mass is 10.2. The van der Waals surface area contributed by atoms with E-state index in [0.717, 1.165) is 21.4 Å². The molecule has 16 heavy (non-hydrogen) atoms. The molecular weight excluding hydrogens is 272 g/mol. The first-order valence-electron chi connectivity index (χ1n) is 5.01. The van der Waals surface area contributed by atoms with E-state index >= 15 is 0 Å². The summed E-state index contributed by atoms with van der Waals surface area (Å²) in [6, 6.07) is 3.79. The van der Waals surface area contributed by atoms with Crippen molar-refractivity contribution in [1.29, 1.82) is 0 Å². The summed E-state index contributed by atoms with van der Waals surface area (Å²) >= 11 is 3.41. The number of rotatable bonds is 5. The van der Waals surface area contributed by atoms with Gasteiger partial charge in [-0.1, -0.05) is 0 Å². The molecule has 1 rings (SSSR count). The van der Waals surface area contributed by atoms with Gasteiger partial charge in [-0.15, -0.1) is 0 Å². The van der Waals surface area contributed by atoms with Crippen molar-refractivity contribution in [1.82, 2.24) is 0 Å². The Morgan fingerprint density at radius 2 is 2.25 bits per heavy atom. The van der Waals surface area contributed by atoms with Crippen LogP contribution in [0.25, 0.3) is 0 Å². The van der Waals surface area contributed by atoms with Crippen molar-refractivity contribution in [3.63, 3.8) is 0 Å². The van der Waals surface area contributed by atoms with Gasteiger partial charge in [-0.2, -0.15) is 0 Å². The second kappa shape index (κ2) is 6.08. The number of ether oxygens (including phenoxy) is 1. The molecule has 0 fully saturated rings. The molecule has 0 saturated heterocycles. The fourth-order valence-electron chi connectivity index (χ4n) is 1.31. The van der Waals surface area contributed by atoms with Gasteiger partial charge in [0.15, 0.2) is 0 Å². The van der Waals surface area contributed by atoms with E-state index in [0.29, 0.717) is 13.2 Å². The number of halogens is 1. The van der Waals surface area contributed by atoms with Gasteiger partial charge in [0, 0.05) is 29.5 Å². The Bertz CT molecular complexity index is 358. The summed E-state index contributed by atoms with van der Waals surface area (Å²) < 4.78 is 5.73. The lowest BCUT2D eigenvalue weighted by molar-refractivity contribution is 0.0727.